The molecule has 0 unspecified atom stereocenters. The summed E-state index contributed by atoms with van der Waals surface area (Å²) in [5.74, 6) is 0.236. The summed E-state index contributed by atoms with van der Waals surface area (Å²) in [5, 5.41) is 1.54. The highest BCUT2D eigenvalue weighted by Gasteiger charge is 2.34. The van der Waals surface area contributed by atoms with Crippen molar-refractivity contribution in [3.05, 3.63) is 56.4 Å². The third kappa shape index (κ3) is 4.90. The molecule has 1 N–H and O–H groups in total. The van der Waals surface area contributed by atoms with Crippen LogP contribution in [-0.4, -0.2) is 42.5 Å². The van der Waals surface area contributed by atoms with Crippen molar-refractivity contribution in [1.82, 2.24) is 10.4 Å². The molecule has 2 aromatic rings. The molecule has 1 aliphatic rings. The molecule has 162 valence electrons. The summed E-state index contributed by atoms with van der Waals surface area (Å²) in [4.78, 5) is 25.7. The summed E-state index contributed by atoms with van der Waals surface area (Å²) in [6.45, 7) is 0. The van der Waals surface area contributed by atoms with Gasteiger partial charge in [0.1, 0.15) is 0 Å². The number of hydrogen-bond acceptors (Lipinski definition) is 7. The zero-order valence-electron chi connectivity index (χ0n) is 16.5. The van der Waals surface area contributed by atoms with E-state index in [1.165, 1.54) is 39.5 Å². The topological polar surface area (TPSA) is 77.1 Å². The normalized spacial score (nSPS) is 14.7. The van der Waals surface area contributed by atoms with Gasteiger partial charge in [-0.3, -0.25) is 15.0 Å². The molecule has 1 fully saturated rings. The Morgan fingerprint density at radius 1 is 1.10 bits per heavy atom. The lowest BCUT2D eigenvalue weighted by molar-refractivity contribution is -0.123. The van der Waals surface area contributed by atoms with Crippen molar-refractivity contribution >= 4 is 69.4 Å². The molecule has 0 spiro atoms. The summed E-state index contributed by atoms with van der Waals surface area (Å²) >= 11 is 18.2. The van der Waals surface area contributed by atoms with E-state index < -0.39 is 11.8 Å². The maximum absolute atomic E-state index is 12.9. The molecule has 0 saturated carbocycles. The highest BCUT2D eigenvalue weighted by Crippen LogP contribution is 2.40. The lowest BCUT2D eigenvalue weighted by atomic mass is 10.1. The van der Waals surface area contributed by atoms with E-state index in [9.17, 15) is 9.59 Å². The van der Waals surface area contributed by atoms with Gasteiger partial charge in [0.25, 0.3) is 11.8 Å². The van der Waals surface area contributed by atoms with Crippen LogP contribution in [0.4, 0.5) is 0 Å². The van der Waals surface area contributed by atoms with Crippen LogP contribution < -0.4 is 19.6 Å². The number of thioether (sulfide) groups is 1. The van der Waals surface area contributed by atoms with Crippen LogP contribution in [0.25, 0.3) is 6.08 Å². The number of hydrazine groups is 1. The molecular formula is C20H16Cl2N2O5S2. The van der Waals surface area contributed by atoms with Crippen molar-refractivity contribution in [2.45, 2.75) is 0 Å². The standard InChI is InChI=1S/C20H16Cl2N2O5S2/c1-27-14-6-10(7-15(28-2)17(14)29-3)8-16-19(26)24(20(30)31-16)23-18(25)12-5-4-11(21)9-13(12)22/h4-9H,1-3H3,(H,23,25)/b16-8-. The van der Waals surface area contributed by atoms with Gasteiger partial charge < -0.3 is 14.2 Å². The first-order valence-electron chi connectivity index (χ1n) is 8.63. The first-order chi connectivity index (χ1) is 14.8. The average Bonchev–Trinajstić information content (AvgIpc) is 3.00. The van der Waals surface area contributed by atoms with Crippen molar-refractivity contribution in [1.29, 1.82) is 0 Å². The summed E-state index contributed by atoms with van der Waals surface area (Å²) in [6, 6.07) is 7.81. The van der Waals surface area contributed by atoms with Gasteiger partial charge in [0, 0.05) is 5.02 Å². The van der Waals surface area contributed by atoms with Crippen LogP contribution in [-0.2, 0) is 4.79 Å². The SMILES string of the molecule is COc1cc(/C=C2\SC(=S)N(NC(=O)c3ccc(Cl)cc3Cl)C2=O)cc(OC)c1OC. The Hall–Kier alpha value is -2.46. The van der Waals surface area contributed by atoms with Gasteiger partial charge in [-0.1, -0.05) is 35.0 Å². The van der Waals surface area contributed by atoms with Gasteiger partial charge in [0.15, 0.2) is 15.8 Å². The third-order valence-electron chi connectivity index (χ3n) is 4.17. The minimum atomic E-state index is -0.591. The van der Waals surface area contributed by atoms with Crippen molar-refractivity contribution in [2.24, 2.45) is 0 Å². The highest BCUT2D eigenvalue weighted by atomic mass is 35.5. The fourth-order valence-electron chi connectivity index (χ4n) is 2.74. The maximum Gasteiger partial charge on any atom is 0.285 e. The number of hydrogen-bond donors (Lipinski definition) is 1. The van der Waals surface area contributed by atoms with Gasteiger partial charge in [-0.15, -0.1) is 0 Å². The van der Waals surface area contributed by atoms with Gasteiger partial charge in [0.2, 0.25) is 5.75 Å². The molecule has 31 heavy (non-hydrogen) atoms. The first-order valence-corrected chi connectivity index (χ1v) is 10.6. The quantitative estimate of drug-likeness (QED) is 0.461. The average molecular weight is 499 g/mol. The highest BCUT2D eigenvalue weighted by molar-refractivity contribution is 8.26. The summed E-state index contributed by atoms with van der Waals surface area (Å²) < 4.78 is 16.1. The number of benzene rings is 2. The Morgan fingerprint density at radius 3 is 2.29 bits per heavy atom. The van der Waals surface area contributed by atoms with Crippen LogP contribution in [0.5, 0.6) is 17.2 Å². The molecule has 0 radical (unpaired) electrons. The molecule has 0 aromatic heterocycles. The van der Waals surface area contributed by atoms with Crippen LogP contribution in [0.15, 0.2) is 35.2 Å². The number of amides is 2. The lowest BCUT2D eigenvalue weighted by Gasteiger charge is -2.16. The minimum absolute atomic E-state index is 0.156. The summed E-state index contributed by atoms with van der Waals surface area (Å²) in [6.07, 6.45) is 1.62. The van der Waals surface area contributed by atoms with Gasteiger partial charge in [0.05, 0.1) is 36.8 Å². The molecule has 7 nitrogen and oxygen atoms in total. The number of halogens is 2. The zero-order chi connectivity index (χ0) is 22.7. The molecule has 2 amide bonds. The number of rotatable bonds is 6. The Kier molecular flexibility index (Phi) is 7.32. The molecule has 3 rings (SSSR count). The molecule has 0 atom stereocenters. The lowest BCUT2D eigenvalue weighted by Crippen LogP contribution is -2.44. The van der Waals surface area contributed by atoms with E-state index in [2.05, 4.69) is 5.43 Å². The van der Waals surface area contributed by atoms with Gasteiger partial charge in [-0.05, 0) is 54.2 Å². The van der Waals surface area contributed by atoms with Crippen molar-refractivity contribution in [3.63, 3.8) is 0 Å². The summed E-state index contributed by atoms with van der Waals surface area (Å²) in [5.41, 5.74) is 3.27. The van der Waals surface area contributed by atoms with E-state index >= 15 is 0 Å². The molecule has 11 heteroatoms. The van der Waals surface area contributed by atoms with Crippen LogP contribution in [0, 0.1) is 0 Å². The fourth-order valence-corrected chi connectivity index (χ4v) is 4.41. The number of carbonyl (C=O) groups is 2. The van der Waals surface area contributed by atoms with E-state index in [0.29, 0.717) is 32.7 Å². The Balaban J connectivity index is 1.86. The Morgan fingerprint density at radius 2 is 1.74 bits per heavy atom. The Labute approximate surface area is 198 Å². The summed E-state index contributed by atoms with van der Waals surface area (Å²) in [7, 11) is 4.50. The van der Waals surface area contributed by atoms with Crippen LogP contribution in [0.2, 0.25) is 10.0 Å². The zero-order valence-corrected chi connectivity index (χ0v) is 19.7. The third-order valence-corrected chi connectivity index (χ3v) is 6.02. The van der Waals surface area contributed by atoms with E-state index in [1.807, 2.05) is 0 Å². The fraction of sp³-hybridized carbons (Fsp3) is 0.150. The van der Waals surface area contributed by atoms with Crippen LogP contribution >= 0.6 is 47.2 Å². The number of thiocarbonyl (C=S) groups is 1. The minimum Gasteiger partial charge on any atom is -0.493 e. The molecular weight excluding hydrogens is 483 g/mol. The number of carbonyl (C=O) groups excluding carboxylic acids is 2. The molecule has 0 bridgehead atoms. The van der Waals surface area contributed by atoms with Crippen molar-refractivity contribution in [2.75, 3.05) is 21.3 Å². The Bertz CT molecular complexity index is 1080. The monoisotopic (exact) mass is 498 g/mol. The van der Waals surface area contributed by atoms with Gasteiger partial charge >= 0.3 is 0 Å². The smallest absolute Gasteiger partial charge is 0.285 e. The molecule has 2 aromatic carbocycles. The second-order valence-corrected chi connectivity index (χ2v) is 8.56. The molecule has 1 aliphatic heterocycles. The predicted molar refractivity (Wildman–Crippen MR) is 125 cm³/mol. The van der Waals surface area contributed by atoms with Crippen LogP contribution in [0.1, 0.15) is 15.9 Å². The number of methoxy groups -OCH3 is 3. The maximum atomic E-state index is 12.9. The van der Waals surface area contributed by atoms with Crippen LogP contribution in [0.3, 0.4) is 0 Å². The van der Waals surface area contributed by atoms with Gasteiger partial charge in [-0.2, -0.15) is 5.01 Å². The predicted octanol–water partition coefficient (Wildman–Crippen LogP) is 4.57. The number of ether oxygens (including phenoxy) is 3. The van der Waals surface area contributed by atoms with Gasteiger partial charge in [-0.25, -0.2) is 0 Å². The number of nitrogens with zero attached hydrogens (tertiary/aromatic N) is 1. The van der Waals surface area contributed by atoms with E-state index in [0.717, 1.165) is 16.8 Å². The van der Waals surface area contributed by atoms with E-state index in [4.69, 9.17) is 49.6 Å². The van der Waals surface area contributed by atoms with E-state index in [-0.39, 0.29) is 14.9 Å². The van der Waals surface area contributed by atoms with Crippen molar-refractivity contribution < 1.29 is 23.8 Å². The van der Waals surface area contributed by atoms with Crippen molar-refractivity contribution in [3.8, 4) is 17.2 Å². The second kappa shape index (κ2) is 9.78. The largest absolute Gasteiger partial charge is 0.493 e. The molecule has 1 saturated heterocycles. The van der Waals surface area contributed by atoms with E-state index in [1.54, 1.807) is 18.2 Å². The molecule has 0 aliphatic carbocycles. The second-order valence-electron chi connectivity index (χ2n) is 6.04. The molecule has 1 heterocycles. The number of nitrogens with one attached hydrogen (secondary N) is 1. The first kappa shape index (κ1) is 23.2.